The second kappa shape index (κ2) is 6.12. The Morgan fingerprint density at radius 2 is 2.15 bits per heavy atom. The van der Waals surface area contributed by atoms with E-state index in [2.05, 4.69) is 35.5 Å². The Labute approximate surface area is 125 Å². The molecule has 1 aliphatic carbocycles. The summed E-state index contributed by atoms with van der Waals surface area (Å²) in [7, 11) is 3.52. The minimum absolute atomic E-state index is 0.232. The zero-order valence-corrected chi connectivity index (χ0v) is 13.6. The number of ether oxygens (including phenoxy) is 1. The van der Waals surface area contributed by atoms with Crippen LogP contribution in [0.15, 0.2) is 5.38 Å². The van der Waals surface area contributed by atoms with E-state index in [0.717, 1.165) is 10.8 Å². The van der Waals surface area contributed by atoms with Gasteiger partial charge in [-0.1, -0.05) is 13.8 Å². The van der Waals surface area contributed by atoms with Crippen LogP contribution in [0.2, 0.25) is 0 Å². The SMILES string of the molecule is COC(=O)Cc1csc(N(C)C2CCC(C)(C)CC2)n1. The van der Waals surface area contributed by atoms with E-state index in [9.17, 15) is 4.79 Å². The summed E-state index contributed by atoms with van der Waals surface area (Å²) in [4.78, 5) is 18.1. The number of hydrogen-bond acceptors (Lipinski definition) is 5. The van der Waals surface area contributed by atoms with Gasteiger partial charge >= 0.3 is 5.97 Å². The number of nitrogens with zero attached hydrogens (tertiary/aromatic N) is 2. The van der Waals surface area contributed by atoms with Gasteiger partial charge in [-0.25, -0.2) is 4.98 Å². The standard InChI is InChI=1S/C15H24N2O2S/c1-15(2)7-5-12(6-8-15)17(3)14-16-11(10-20-14)9-13(18)19-4/h10,12H,5-9H2,1-4H3. The van der Waals surface area contributed by atoms with Gasteiger partial charge in [0.05, 0.1) is 19.2 Å². The van der Waals surface area contributed by atoms with Crippen molar-refractivity contribution in [3.05, 3.63) is 11.1 Å². The highest BCUT2D eigenvalue weighted by Crippen LogP contribution is 2.38. The lowest BCUT2D eigenvalue weighted by molar-refractivity contribution is -0.139. The van der Waals surface area contributed by atoms with E-state index in [1.807, 2.05) is 5.38 Å². The third-order valence-corrected chi connectivity index (χ3v) is 5.23. The summed E-state index contributed by atoms with van der Waals surface area (Å²) in [5.74, 6) is -0.232. The van der Waals surface area contributed by atoms with E-state index < -0.39 is 0 Å². The van der Waals surface area contributed by atoms with Gasteiger partial charge < -0.3 is 9.64 Å². The molecule has 4 nitrogen and oxygen atoms in total. The first-order valence-electron chi connectivity index (χ1n) is 7.15. The number of methoxy groups -OCH3 is 1. The molecule has 1 aliphatic rings. The number of thiazole rings is 1. The van der Waals surface area contributed by atoms with Crippen LogP contribution < -0.4 is 4.90 Å². The van der Waals surface area contributed by atoms with Gasteiger partial charge in [-0.2, -0.15) is 0 Å². The summed E-state index contributed by atoms with van der Waals surface area (Å²) in [6, 6.07) is 0.570. The lowest BCUT2D eigenvalue weighted by Crippen LogP contribution is -2.37. The van der Waals surface area contributed by atoms with Gasteiger partial charge in [0.2, 0.25) is 0 Å². The molecule has 20 heavy (non-hydrogen) atoms. The first-order chi connectivity index (χ1) is 9.41. The third-order valence-electron chi connectivity index (χ3n) is 4.25. The number of carbonyl (C=O) groups excluding carboxylic acids is 1. The van der Waals surface area contributed by atoms with Crippen LogP contribution in [0, 0.1) is 5.41 Å². The molecular weight excluding hydrogens is 272 g/mol. The lowest BCUT2D eigenvalue weighted by atomic mass is 9.75. The highest BCUT2D eigenvalue weighted by atomic mass is 32.1. The van der Waals surface area contributed by atoms with Gasteiger partial charge in [0.1, 0.15) is 0 Å². The smallest absolute Gasteiger partial charge is 0.311 e. The highest BCUT2D eigenvalue weighted by molar-refractivity contribution is 7.13. The van der Waals surface area contributed by atoms with Gasteiger partial charge in [0, 0.05) is 18.5 Å². The minimum atomic E-state index is -0.232. The summed E-state index contributed by atoms with van der Waals surface area (Å²) in [5.41, 5.74) is 1.29. The van der Waals surface area contributed by atoms with Crippen molar-refractivity contribution in [1.82, 2.24) is 4.98 Å². The van der Waals surface area contributed by atoms with Crippen LogP contribution >= 0.6 is 11.3 Å². The first kappa shape index (κ1) is 15.3. The van der Waals surface area contributed by atoms with E-state index in [-0.39, 0.29) is 12.4 Å². The average molecular weight is 296 g/mol. The first-order valence-corrected chi connectivity index (χ1v) is 8.03. The molecule has 0 radical (unpaired) electrons. The van der Waals surface area contributed by atoms with Crippen molar-refractivity contribution in [2.24, 2.45) is 5.41 Å². The predicted molar refractivity (Wildman–Crippen MR) is 82.3 cm³/mol. The topological polar surface area (TPSA) is 42.4 Å². The van der Waals surface area contributed by atoms with E-state index >= 15 is 0 Å². The zero-order chi connectivity index (χ0) is 14.8. The number of aromatic nitrogens is 1. The number of rotatable bonds is 4. The summed E-state index contributed by atoms with van der Waals surface area (Å²) >= 11 is 1.61. The molecule has 0 unspecified atom stereocenters. The van der Waals surface area contributed by atoms with Crippen molar-refractivity contribution in [1.29, 1.82) is 0 Å². The second-order valence-electron chi connectivity index (χ2n) is 6.38. The number of carbonyl (C=O) groups is 1. The molecule has 1 heterocycles. The highest BCUT2D eigenvalue weighted by Gasteiger charge is 2.29. The lowest BCUT2D eigenvalue weighted by Gasteiger charge is -2.38. The van der Waals surface area contributed by atoms with Crippen LogP contribution in [0.25, 0.3) is 0 Å². The molecule has 0 bridgehead atoms. The summed E-state index contributed by atoms with van der Waals surface area (Å²) in [6.45, 7) is 4.70. The summed E-state index contributed by atoms with van der Waals surface area (Å²) in [5, 5.41) is 2.96. The van der Waals surface area contributed by atoms with Crippen LogP contribution in [0.3, 0.4) is 0 Å². The van der Waals surface area contributed by atoms with Gasteiger partial charge in [-0.3, -0.25) is 4.79 Å². The second-order valence-corrected chi connectivity index (χ2v) is 7.22. The summed E-state index contributed by atoms with van der Waals surface area (Å²) < 4.78 is 4.68. The molecule has 0 N–H and O–H groups in total. The molecule has 0 aliphatic heterocycles. The minimum Gasteiger partial charge on any atom is -0.469 e. The molecule has 5 heteroatoms. The monoisotopic (exact) mass is 296 g/mol. The molecule has 0 atom stereocenters. The maximum Gasteiger partial charge on any atom is 0.311 e. The Balaban J connectivity index is 1.96. The molecule has 0 aromatic carbocycles. The maximum absolute atomic E-state index is 11.3. The molecule has 0 spiro atoms. The Hall–Kier alpha value is -1.10. The van der Waals surface area contributed by atoms with Crippen LogP contribution in [0.1, 0.15) is 45.2 Å². The largest absolute Gasteiger partial charge is 0.469 e. The molecule has 1 aromatic heterocycles. The fourth-order valence-corrected chi connectivity index (χ4v) is 3.55. The molecular formula is C15H24N2O2S. The molecule has 0 amide bonds. The quantitative estimate of drug-likeness (QED) is 0.800. The van der Waals surface area contributed by atoms with Gasteiger partial charge in [0.15, 0.2) is 5.13 Å². The van der Waals surface area contributed by atoms with Gasteiger partial charge in [0.25, 0.3) is 0 Å². The zero-order valence-electron chi connectivity index (χ0n) is 12.8. The van der Waals surface area contributed by atoms with Gasteiger partial charge in [-0.05, 0) is 31.1 Å². The number of hydrogen-bond donors (Lipinski definition) is 0. The van der Waals surface area contributed by atoms with Crippen molar-refractivity contribution >= 4 is 22.4 Å². The van der Waals surface area contributed by atoms with Crippen LogP contribution in [0.5, 0.6) is 0 Å². The van der Waals surface area contributed by atoms with E-state index in [1.165, 1.54) is 32.8 Å². The van der Waals surface area contributed by atoms with Crippen molar-refractivity contribution in [3.63, 3.8) is 0 Å². The Morgan fingerprint density at radius 1 is 1.50 bits per heavy atom. The average Bonchev–Trinajstić information content (AvgIpc) is 2.86. The van der Waals surface area contributed by atoms with E-state index in [1.54, 1.807) is 11.3 Å². The Bertz CT molecular complexity index is 460. The van der Waals surface area contributed by atoms with Crippen LogP contribution in [0.4, 0.5) is 5.13 Å². The Morgan fingerprint density at radius 3 is 2.75 bits per heavy atom. The molecule has 1 aromatic rings. The van der Waals surface area contributed by atoms with E-state index in [0.29, 0.717) is 11.5 Å². The maximum atomic E-state index is 11.3. The molecule has 2 rings (SSSR count). The van der Waals surface area contributed by atoms with Crippen LogP contribution in [-0.2, 0) is 16.0 Å². The van der Waals surface area contributed by atoms with Crippen molar-refractivity contribution in [2.75, 3.05) is 19.1 Å². The van der Waals surface area contributed by atoms with Crippen LogP contribution in [-0.4, -0.2) is 31.2 Å². The fourth-order valence-electron chi connectivity index (χ4n) is 2.69. The Kier molecular flexibility index (Phi) is 4.68. The molecule has 0 saturated heterocycles. The number of anilines is 1. The predicted octanol–water partition coefficient (Wildman–Crippen LogP) is 3.26. The van der Waals surface area contributed by atoms with Gasteiger partial charge in [-0.15, -0.1) is 11.3 Å². The fraction of sp³-hybridized carbons (Fsp3) is 0.733. The van der Waals surface area contributed by atoms with Crippen molar-refractivity contribution in [2.45, 2.75) is 52.0 Å². The molecule has 1 saturated carbocycles. The number of esters is 1. The molecule has 1 fully saturated rings. The summed E-state index contributed by atoms with van der Waals surface area (Å²) in [6.07, 6.45) is 5.23. The normalized spacial score (nSPS) is 18.8. The third kappa shape index (κ3) is 3.72. The molecule has 112 valence electrons. The van der Waals surface area contributed by atoms with E-state index in [4.69, 9.17) is 0 Å². The van der Waals surface area contributed by atoms with Crippen molar-refractivity contribution in [3.8, 4) is 0 Å². The van der Waals surface area contributed by atoms with Crippen molar-refractivity contribution < 1.29 is 9.53 Å².